The molecule has 0 aliphatic carbocycles. The number of piperidine rings is 1. The summed E-state index contributed by atoms with van der Waals surface area (Å²) < 4.78 is 7.27. The van der Waals surface area contributed by atoms with Crippen LogP contribution in [0, 0.1) is 0 Å². The van der Waals surface area contributed by atoms with Crippen molar-refractivity contribution in [2.45, 2.75) is 45.2 Å². The normalized spacial score (nSPS) is 21.7. The third-order valence-corrected chi connectivity index (χ3v) is 3.73. The molecule has 0 radical (unpaired) electrons. The number of hydrogen-bond acceptors (Lipinski definition) is 4. The third-order valence-electron chi connectivity index (χ3n) is 3.73. The van der Waals surface area contributed by atoms with Crippen LogP contribution < -0.4 is 0 Å². The van der Waals surface area contributed by atoms with Crippen LogP contribution in [0.4, 0.5) is 0 Å². The number of hydrogen-bond donors (Lipinski definition) is 0. The Hall–Kier alpha value is -0.940. The Morgan fingerprint density at radius 1 is 1.50 bits per heavy atom. The minimum Gasteiger partial charge on any atom is -0.383 e. The Morgan fingerprint density at radius 2 is 2.33 bits per heavy atom. The van der Waals surface area contributed by atoms with Crippen molar-refractivity contribution in [3.8, 4) is 0 Å². The molecule has 2 heterocycles. The maximum atomic E-state index is 5.13. The number of rotatable bonds is 5. The number of ether oxygens (including phenoxy) is 1. The van der Waals surface area contributed by atoms with Gasteiger partial charge in [-0.15, -0.1) is 10.2 Å². The van der Waals surface area contributed by atoms with E-state index in [4.69, 9.17) is 4.74 Å². The molecule has 1 aromatic heterocycles. The van der Waals surface area contributed by atoms with E-state index in [2.05, 4.69) is 33.5 Å². The molecule has 102 valence electrons. The number of methoxy groups -OCH3 is 1. The minimum atomic E-state index is 0.514. The summed E-state index contributed by atoms with van der Waals surface area (Å²) in [6, 6.07) is 0.614. The summed E-state index contributed by atoms with van der Waals surface area (Å²) in [6.07, 6.45) is 4.29. The van der Waals surface area contributed by atoms with Gasteiger partial charge in [-0.2, -0.15) is 0 Å². The van der Waals surface area contributed by atoms with Gasteiger partial charge in [0.25, 0.3) is 0 Å². The standard InChI is InChI=1S/C13H24N4O/c1-11(2)16-6-4-5-12(9-16)13-15-14-10-17(13)7-8-18-3/h10-12H,4-9H2,1-3H3/t12-/m0/s1. The molecule has 1 aliphatic rings. The molecular formula is C13H24N4O. The topological polar surface area (TPSA) is 43.2 Å². The zero-order valence-corrected chi connectivity index (χ0v) is 11.7. The molecule has 18 heavy (non-hydrogen) atoms. The molecule has 1 aromatic rings. The van der Waals surface area contributed by atoms with Crippen molar-refractivity contribution < 1.29 is 4.74 Å². The van der Waals surface area contributed by atoms with Gasteiger partial charge in [-0.25, -0.2) is 0 Å². The Balaban J connectivity index is 2.04. The van der Waals surface area contributed by atoms with Crippen LogP contribution in [0.5, 0.6) is 0 Å². The molecular weight excluding hydrogens is 228 g/mol. The first-order valence-corrected chi connectivity index (χ1v) is 6.83. The predicted octanol–water partition coefficient (Wildman–Crippen LogP) is 1.51. The molecule has 2 rings (SSSR count). The van der Waals surface area contributed by atoms with Gasteiger partial charge in [0.15, 0.2) is 0 Å². The summed E-state index contributed by atoms with van der Waals surface area (Å²) in [5, 5.41) is 8.38. The van der Waals surface area contributed by atoms with E-state index in [0.717, 1.165) is 18.9 Å². The molecule has 1 saturated heterocycles. The summed E-state index contributed by atoms with van der Waals surface area (Å²) in [6.45, 7) is 8.39. The van der Waals surface area contributed by atoms with Crippen LogP contribution in [0.3, 0.4) is 0 Å². The lowest BCUT2D eigenvalue weighted by molar-refractivity contribution is 0.159. The Kier molecular flexibility index (Phi) is 4.72. The van der Waals surface area contributed by atoms with Crippen LogP contribution in [0.1, 0.15) is 38.4 Å². The van der Waals surface area contributed by atoms with Crippen LogP contribution in [0.15, 0.2) is 6.33 Å². The van der Waals surface area contributed by atoms with Gasteiger partial charge < -0.3 is 14.2 Å². The summed E-state index contributed by atoms with van der Waals surface area (Å²) in [7, 11) is 1.73. The van der Waals surface area contributed by atoms with Crippen molar-refractivity contribution in [2.75, 3.05) is 26.8 Å². The third kappa shape index (κ3) is 3.09. The van der Waals surface area contributed by atoms with Crippen LogP contribution in [0.25, 0.3) is 0 Å². The van der Waals surface area contributed by atoms with Crippen LogP contribution in [-0.4, -0.2) is 52.5 Å². The van der Waals surface area contributed by atoms with E-state index >= 15 is 0 Å². The van der Waals surface area contributed by atoms with Gasteiger partial charge in [-0.1, -0.05) is 0 Å². The number of likely N-dealkylation sites (tertiary alicyclic amines) is 1. The van der Waals surface area contributed by atoms with Gasteiger partial charge in [0.2, 0.25) is 0 Å². The molecule has 0 amide bonds. The summed E-state index contributed by atoms with van der Waals surface area (Å²) >= 11 is 0. The van der Waals surface area contributed by atoms with Gasteiger partial charge in [0, 0.05) is 32.2 Å². The molecule has 5 heteroatoms. The van der Waals surface area contributed by atoms with Crippen molar-refractivity contribution in [3.05, 3.63) is 12.2 Å². The SMILES string of the molecule is COCCn1cnnc1[C@H]1CCCN(C(C)C)C1. The molecule has 0 aromatic carbocycles. The van der Waals surface area contributed by atoms with Crippen LogP contribution >= 0.6 is 0 Å². The van der Waals surface area contributed by atoms with Crippen molar-refractivity contribution in [2.24, 2.45) is 0 Å². The van der Waals surface area contributed by atoms with E-state index < -0.39 is 0 Å². The fourth-order valence-electron chi connectivity index (χ4n) is 2.63. The van der Waals surface area contributed by atoms with E-state index in [1.54, 1.807) is 7.11 Å². The average molecular weight is 252 g/mol. The average Bonchev–Trinajstić information content (AvgIpc) is 2.84. The Bertz CT molecular complexity index is 364. The predicted molar refractivity (Wildman–Crippen MR) is 70.6 cm³/mol. The maximum absolute atomic E-state index is 5.13. The highest BCUT2D eigenvalue weighted by Crippen LogP contribution is 2.26. The molecule has 0 spiro atoms. The first-order chi connectivity index (χ1) is 8.72. The maximum Gasteiger partial charge on any atom is 0.137 e. The van der Waals surface area contributed by atoms with E-state index in [1.165, 1.54) is 19.4 Å². The highest BCUT2D eigenvalue weighted by Gasteiger charge is 2.26. The van der Waals surface area contributed by atoms with Crippen LogP contribution in [0.2, 0.25) is 0 Å². The summed E-state index contributed by atoms with van der Waals surface area (Å²) in [5.41, 5.74) is 0. The van der Waals surface area contributed by atoms with Crippen molar-refractivity contribution >= 4 is 0 Å². The zero-order chi connectivity index (χ0) is 13.0. The van der Waals surface area contributed by atoms with E-state index in [9.17, 15) is 0 Å². The number of aromatic nitrogens is 3. The molecule has 0 N–H and O–H groups in total. The molecule has 1 fully saturated rings. The summed E-state index contributed by atoms with van der Waals surface area (Å²) in [5.74, 6) is 1.64. The monoisotopic (exact) mass is 252 g/mol. The minimum absolute atomic E-state index is 0.514. The second-order valence-electron chi connectivity index (χ2n) is 5.30. The zero-order valence-electron chi connectivity index (χ0n) is 11.7. The molecule has 1 atom stereocenters. The highest BCUT2D eigenvalue weighted by molar-refractivity contribution is 5.00. The largest absolute Gasteiger partial charge is 0.383 e. The lowest BCUT2D eigenvalue weighted by atomic mass is 9.96. The van der Waals surface area contributed by atoms with E-state index in [-0.39, 0.29) is 0 Å². The Morgan fingerprint density at radius 3 is 3.06 bits per heavy atom. The van der Waals surface area contributed by atoms with Crippen molar-refractivity contribution in [1.82, 2.24) is 19.7 Å². The van der Waals surface area contributed by atoms with Gasteiger partial charge in [0.1, 0.15) is 12.2 Å². The summed E-state index contributed by atoms with van der Waals surface area (Å²) in [4.78, 5) is 2.53. The van der Waals surface area contributed by atoms with E-state index in [0.29, 0.717) is 18.6 Å². The van der Waals surface area contributed by atoms with E-state index in [1.807, 2.05) is 6.33 Å². The fourth-order valence-corrected chi connectivity index (χ4v) is 2.63. The highest BCUT2D eigenvalue weighted by atomic mass is 16.5. The number of nitrogens with zero attached hydrogens (tertiary/aromatic N) is 4. The molecule has 5 nitrogen and oxygen atoms in total. The smallest absolute Gasteiger partial charge is 0.137 e. The van der Waals surface area contributed by atoms with Crippen molar-refractivity contribution in [1.29, 1.82) is 0 Å². The van der Waals surface area contributed by atoms with Gasteiger partial charge in [-0.05, 0) is 33.2 Å². The first-order valence-electron chi connectivity index (χ1n) is 6.83. The lowest BCUT2D eigenvalue weighted by Crippen LogP contribution is -2.39. The van der Waals surface area contributed by atoms with Gasteiger partial charge >= 0.3 is 0 Å². The second-order valence-corrected chi connectivity index (χ2v) is 5.30. The molecule has 1 aliphatic heterocycles. The first kappa shape index (κ1) is 13.5. The molecule has 0 unspecified atom stereocenters. The quantitative estimate of drug-likeness (QED) is 0.797. The lowest BCUT2D eigenvalue weighted by Gasteiger charge is -2.35. The Labute approximate surface area is 109 Å². The van der Waals surface area contributed by atoms with Gasteiger partial charge in [-0.3, -0.25) is 0 Å². The second kappa shape index (κ2) is 6.29. The van der Waals surface area contributed by atoms with Crippen LogP contribution in [-0.2, 0) is 11.3 Å². The molecule has 0 saturated carbocycles. The fraction of sp³-hybridized carbons (Fsp3) is 0.846. The van der Waals surface area contributed by atoms with Crippen molar-refractivity contribution in [3.63, 3.8) is 0 Å². The van der Waals surface area contributed by atoms with Gasteiger partial charge in [0.05, 0.1) is 6.61 Å². The molecule has 0 bridgehead atoms.